The number of sulfonamides is 1. The monoisotopic (exact) mass is 517 g/mol. The SMILES string of the molecule is O=C(CCCC=CC[C@@H]1[C@H](CCCCOC2CCCCC2)[C@@H]2CC[C@H]1O2)NS(=O)(=O)c1ccccc1. The summed E-state index contributed by atoms with van der Waals surface area (Å²) in [6.45, 7) is 0.900. The Hall–Kier alpha value is -1.70. The van der Waals surface area contributed by atoms with Crippen LogP contribution in [0.25, 0.3) is 0 Å². The van der Waals surface area contributed by atoms with Crippen molar-refractivity contribution in [1.29, 1.82) is 0 Å². The molecule has 6 nitrogen and oxygen atoms in total. The Morgan fingerprint density at radius 3 is 2.47 bits per heavy atom. The molecular formula is C29H43NO5S. The van der Waals surface area contributed by atoms with Crippen molar-refractivity contribution in [3.8, 4) is 0 Å². The van der Waals surface area contributed by atoms with Crippen LogP contribution in [-0.2, 0) is 24.3 Å². The first-order valence-electron chi connectivity index (χ1n) is 14.1. The van der Waals surface area contributed by atoms with Gasteiger partial charge in [-0.1, -0.05) is 56.0 Å². The topological polar surface area (TPSA) is 81.7 Å². The van der Waals surface area contributed by atoms with Crippen molar-refractivity contribution in [2.75, 3.05) is 6.61 Å². The molecule has 0 unspecified atom stereocenters. The van der Waals surface area contributed by atoms with E-state index >= 15 is 0 Å². The van der Waals surface area contributed by atoms with Crippen LogP contribution in [0.4, 0.5) is 0 Å². The second-order valence-corrected chi connectivity index (χ2v) is 12.4. The maximum Gasteiger partial charge on any atom is 0.264 e. The summed E-state index contributed by atoms with van der Waals surface area (Å²) in [4.78, 5) is 12.2. The van der Waals surface area contributed by atoms with Crippen LogP contribution in [0, 0.1) is 11.8 Å². The van der Waals surface area contributed by atoms with Gasteiger partial charge in [-0.15, -0.1) is 0 Å². The molecule has 1 aliphatic carbocycles. The van der Waals surface area contributed by atoms with Crippen LogP contribution in [0.5, 0.6) is 0 Å². The van der Waals surface area contributed by atoms with Crippen LogP contribution in [0.2, 0.25) is 0 Å². The van der Waals surface area contributed by atoms with Gasteiger partial charge in [-0.3, -0.25) is 4.79 Å². The molecular weight excluding hydrogens is 474 g/mol. The van der Waals surface area contributed by atoms with Gasteiger partial charge in [0.1, 0.15) is 0 Å². The molecule has 1 amide bonds. The number of hydrogen-bond acceptors (Lipinski definition) is 5. The fourth-order valence-electron chi connectivity index (χ4n) is 6.17. The molecule has 2 bridgehead atoms. The first-order chi connectivity index (χ1) is 17.5. The van der Waals surface area contributed by atoms with E-state index in [0.29, 0.717) is 36.6 Å². The Labute approximate surface area is 217 Å². The van der Waals surface area contributed by atoms with Crippen molar-refractivity contribution in [3.05, 3.63) is 42.5 Å². The molecule has 0 spiro atoms. The second-order valence-electron chi connectivity index (χ2n) is 10.7. The smallest absolute Gasteiger partial charge is 0.264 e. The predicted molar refractivity (Wildman–Crippen MR) is 141 cm³/mol. The highest BCUT2D eigenvalue weighted by molar-refractivity contribution is 7.90. The predicted octanol–water partition coefficient (Wildman–Crippen LogP) is 5.92. The van der Waals surface area contributed by atoms with Gasteiger partial charge in [-0.25, -0.2) is 13.1 Å². The highest BCUT2D eigenvalue weighted by Gasteiger charge is 2.47. The average molecular weight is 518 g/mol. The first-order valence-corrected chi connectivity index (χ1v) is 15.5. The molecule has 4 rings (SSSR count). The number of carbonyl (C=O) groups excluding carboxylic acids is 1. The molecule has 36 heavy (non-hydrogen) atoms. The Morgan fingerprint density at radius 2 is 1.69 bits per heavy atom. The molecule has 1 aromatic rings. The molecule has 2 saturated heterocycles. The largest absolute Gasteiger partial charge is 0.378 e. The van der Waals surface area contributed by atoms with Crippen molar-refractivity contribution in [2.45, 2.75) is 113 Å². The summed E-state index contributed by atoms with van der Waals surface area (Å²) >= 11 is 0. The van der Waals surface area contributed by atoms with Gasteiger partial charge < -0.3 is 9.47 Å². The standard InChI is InChI=1S/C29H43NO5S/c31-29(30-36(32,33)24-15-7-4-8-16-24)19-10-2-1-9-17-25-26(28-21-20-27(25)35-28)18-11-12-22-34-23-13-5-3-6-14-23/h1,4,7-9,15-16,23,25-28H,2-3,5-6,10-14,17-22H2,(H,30,31)/t25-,26+,27-,28+/m1/s1. The molecule has 1 N–H and O–H groups in total. The molecule has 2 heterocycles. The van der Waals surface area contributed by atoms with Gasteiger partial charge in [-0.05, 0) is 81.8 Å². The lowest BCUT2D eigenvalue weighted by atomic mass is 9.75. The van der Waals surface area contributed by atoms with E-state index in [4.69, 9.17) is 9.47 Å². The fraction of sp³-hybridized carbons (Fsp3) is 0.690. The van der Waals surface area contributed by atoms with Gasteiger partial charge in [0.05, 0.1) is 23.2 Å². The molecule has 0 radical (unpaired) electrons. The van der Waals surface area contributed by atoms with Crippen LogP contribution >= 0.6 is 0 Å². The molecule has 3 aliphatic rings. The highest BCUT2D eigenvalue weighted by atomic mass is 32.2. The van der Waals surface area contributed by atoms with Gasteiger partial charge in [0.15, 0.2) is 0 Å². The molecule has 1 saturated carbocycles. The first kappa shape index (κ1) is 27.3. The number of unbranched alkanes of at least 4 members (excludes halogenated alkanes) is 2. The third kappa shape index (κ3) is 7.90. The summed E-state index contributed by atoms with van der Waals surface area (Å²) in [6.07, 6.45) is 20.8. The Kier molecular flexibility index (Phi) is 10.4. The molecule has 4 atom stereocenters. The zero-order valence-corrected chi connectivity index (χ0v) is 22.3. The fourth-order valence-corrected chi connectivity index (χ4v) is 7.21. The third-order valence-corrected chi connectivity index (χ3v) is 9.47. The lowest BCUT2D eigenvalue weighted by molar-refractivity contribution is -0.119. The Morgan fingerprint density at radius 1 is 0.944 bits per heavy atom. The van der Waals surface area contributed by atoms with Gasteiger partial charge in [0.2, 0.25) is 5.91 Å². The molecule has 1 aromatic carbocycles. The van der Waals surface area contributed by atoms with E-state index in [2.05, 4.69) is 16.9 Å². The molecule has 0 aromatic heterocycles. The van der Waals surface area contributed by atoms with E-state index in [1.807, 2.05) is 0 Å². The van der Waals surface area contributed by atoms with Crippen LogP contribution in [0.1, 0.15) is 89.9 Å². The van der Waals surface area contributed by atoms with Gasteiger partial charge in [-0.2, -0.15) is 0 Å². The summed E-state index contributed by atoms with van der Waals surface area (Å²) in [7, 11) is -3.79. The third-order valence-electron chi connectivity index (χ3n) is 8.08. The number of carbonyl (C=O) groups is 1. The maximum absolute atomic E-state index is 12.2. The van der Waals surface area contributed by atoms with Gasteiger partial charge >= 0.3 is 0 Å². The van der Waals surface area contributed by atoms with E-state index in [0.717, 1.165) is 25.9 Å². The number of benzene rings is 1. The Balaban J connectivity index is 1.11. The summed E-state index contributed by atoms with van der Waals surface area (Å²) in [6, 6.07) is 7.99. The van der Waals surface area contributed by atoms with Crippen LogP contribution in [-0.4, -0.2) is 39.2 Å². The van der Waals surface area contributed by atoms with Crippen LogP contribution in [0.3, 0.4) is 0 Å². The lowest BCUT2D eigenvalue weighted by Crippen LogP contribution is -2.30. The zero-order valence-electron chi connectivity index (χ0n) is 21.5. The number of amides is 1. The normalized spacial score (nSPS) is 26.6. The number of nitrogens with one attached hydrogen (secondary N) is 1. The minimum Gasteiger partial charge on any atom is -0.378 e. The van der Waals surface area contributed by atoms with Gasteiger partial charge in [0, 0.05) is 13.0 Å². The molecule has 7 heteroatoms. The minimum atomic E-state index is -3.79. The van der Waals surface area contributed by atoms with Crippen molar-refractivity contribution in [3.63, 3.8) is 0 Å². The maximum atomic E-state index is 12.2. The van der Waals surface area contributed by atoms with E-state index in [9.17, 15) is 13.2 Å². The highest BCUT2D eigenvalue weighted by Crippen LogP contribution is 2.47. The summed E-state index contributed by atoms with van der Waals surface area (Å²) < 4.78 is 39.0. The number of allylic oxidation sites excluding steroid dienone is 2. The summed E-state index contributed by atoms with van der Waals surface area (Å²) in [5.74, 6) is 0.789. The van der Waals surface area contributed by atoms with Crippen molar-refractivity contribution >= 4 is 15.9 Å². The number of hydrogen-bond donors (Lipinski definition) is 1. The molecule has 2 aliphatic heterocycles. The van der Waals surface area contributed by atoms with E-state index in [1.54, 1.807) is 18.2 Å². The number of ether oxygens (including phenoxy) is 2. The van der Waals surface area contributed by atoms with E-state index < -0.39 is 15.9 Å². The zero-order chi connectivity index (χ0) is 25.2. The molecule has 200 valence electrons. The quantitative estimate of drug-likeness (QED) is 0.245. The van der Waals surface area contributed by atoms with Crippen molar-refractivity contribution in [2.24, 2.45) is 11.8 Å². The number of fused-ring (bicyclic) bond motifs is 2. The van der Waals surface area contributed by atoms with Crippen molar-refractivity contribution in [1.82, 2.24) is 4.72 Å². The average Bonchev–Trinajstić information content (AvgIpc) is 3.49. The second kappa shape index (κ2) is 13.7. The summed E-state index contributed by atoms with van der Waals surface area (Å²) in [5, 5.41) is 0. The van der Waals surface area contributed by atoms with Crippen LogP contribution < -0.4 is 4.72 Å². The van der Waals surface area contributed by atoms with E-state index in [1.165, 1.54) is 69.9 Å². The van der Waals surface area contributed by atoms with Crippen LogP contribution in [0.15, 0.2) is 47.4 Å². The number of rotatable bonds is 14. The van der Waals surface area contributed by atoms with Crippen molar-refractivity contribution < 1.29 is 22.7 Å². The lowest BCUT2D eigenvalue weighted by Gasteiger charge is -2.27. The molecule has 3 fully saturated rings. The minimum absolute atomic E-state index is 0.109. The van der Waals surface area contributed by atoms with Gasteiger partial charge in [0.25, 0.3) is 10.0 Å². The summed E-state index contributed by atoms with van der Waals surface area (Å²) in [5.41, 5.74) is 0. The van der Waals surface area contributed by atoms with E-state index in [-0.39, 0.29) is 11.3 Å². The Bertz CT molecular complexity index is 942.